The summed E-state index contributed by atoms with van der Waals surface area (Å²) in [5.41, 5.74) is 6.52. The monoisotopic (exact) mass is 244 g/mol. The van der Waals surface area contributed by atoms with Gasteiger partial charge in [-0.2, -0.15) is 5.10 Å². The molecule has 0 radical (unpaired) electrons. The van der Waals surface area contributed by atoms with Crippen molar-refractivity contribution < 1.29 is 4.39 Å². The molecule has 92 valence electrons. The second-order valence-electron chi connectivity index (χ2n) is 4.62. The van der Waals surface area contributed by atoms with Crippen molar-refractivity contribution in [2.45, 2.75) is 19.0 Å². The third kappa shape index (κ3) is 1.51. The largest absolute Gasteiger partial charge is 0.382 e. The summed E-state index contributed by atoms with van der Waals surface area (Å²) < 4.78 is 15.7. The topological polar surface area (TPSA) is 56.2 Å². The van der Waals surface area contributed by atoms with E-state index in [-0.39, 0.29) is 5.82 Å². The minimum Gasteiger partial charge on any atom is -0.382 e. The van der Waals surface area contributed by atoms with Gasteiger partial charge in [-0.1, -0.05) is 18.2 Å². The summed E-state index contributed by atoms with van der Waals surface area (Å²) in [4.78, 5) is 4.45. The van der Waals surface area contributed by atoms with Crippen molar-refractivity contribution in [1.29, 1.82) is 0 Å². The van der Waals surface area contributed by atoms with Crippen molar-refractivity contribution in [3.05, 3.63) is 53.6 Å². The van der Waals surface area contributed by atoms with E-state index in [4.69, 9.17) is 5.73 Å². The fourth-order valence-electron chi connectivity index (χ4n) is 2.37. The highest BCUT2D eigenvalue weighted by Gasteiger charge is 2.34. The van der Waals surface area contributed by atoms with E-state index in [1.165, 1.54) is 6.07 Å². The first-order chi connectivity index (χ1) is 8.60. The van der Waals surface area contributed by atoms with Crippen molar-refractivity contribution in [2.75, 3.05) is 0 Å². The lowest BCUT2D eigenvalue weighted by Gasteiger charge is -2.31. The molecule has 0 amide bonds. The minimum absolute atomic E-state index is 0.271. The van der Waals surface area contributed by atoms with Gasteiger partial charge in [-0.3, -0.25) is 9.67 Å². The van der Waals surface area contributed by atoms with Crippen molar-refractivity contribution in [1.82, 2.24) is 9.78 Å². The van der Waals surface area contributed by atoms with E-state index in [2.05, 4.69) is 10.1 Å². The minimum atomic E-state index is -0.714. The van der Waals surface area contributed by atoms with Gasteiger partial charge in [0.15, 0.2) is 0 Å². The normalized spacial score (nSPS) is 22.4. The highest BCUT2D eigenvalue weighted by atomic mass is 19.1. The third-order valence-electron chi connectivity index (χ3n) is 3.26. The van der Waals surface area contributed by atoms with E-state index >= 15 is 0 Å². The van der Waals surface area contributed by atoms with Crippen molar-refractivity contribution in [3.8, 4) is 0 Å². The first-order valence-electron chi connectivity index (χ1n) is 5.73. The molecular weight excluding hydrogens is 231 g/mol. The zero-order chi connectivity index (χ0) is 12.8. The molecule has 4 nitrogen and oxygen atoms in total. The number of hydrogen-bond acceptors (Lipinski definition) is 3. The summed E-state index contributed by atoms with van der Waals surface area (Å²) in [5, 5.41) is 4.19. The van der Waals surface area contributed by atoms with Crippen LogP contribution in [0.5, 0.6) is 0 Å². The SMILES string of the molecule is CC1(c2ccccc2F)Cn2nccc2C(N)=N1. The number of fused-ring (bicyclic) bond motifs is 1. The average Bonchev–Trinajstić information content (AvgIpc) is 2.77. The zero-order valence-electron chi connectivity index (χ0n) is 9.97. The molecule has 0 saturated carbocycles. The van der Waals surface area contributed by atoms with Gasteiger partial charge in [-0.15, -0.1) is 0 Å². The number of aliphatic imine (C=N–C) groups is 1. The quantitative estimate of drug-likeness (QED) is 0.829. The van der Waals surface area contributed by atoms with Crippen molar-refractivity contribution in [3.63, 3.8) is 0 Å². The average molecular weight is 244 g/mol. The second-order valence-corrected chi connectivity index (χ2v) is 4.62. The summed E-state index contributed by atoms with van der Waals surface area (Å²) in [7, 11) is 0. The maximum Gasteiger partial charge on any atom is 0.145 e. The van der Waals surface area contributed by atoms with Crippen LogP contribution >= 0.6 is 0 Å². The molecular formula is C13H13FN4. The number of nitrogens with two attached hydrogens (primary N) is 1. The molecule has 0 spiro atoms. The van der Waals surface area contributed by atoms with Crippen LogP contribution in [-0.2, 0) is 12.1 Å². The number of aromatic nitrogens is 2. The molecule has 2 aromatic rings. The molecule has 3 rings (SSSR count). The van der Waals surface area contributed by atoms with E-state index in [1.807, 2.05) is 6.92 Å². The van der Waals surface area contributed by atoms with Gasteiger partial charge in [0.1, 0.15) is 22.9 Å². The summed E-state index contributed by atoms with van der Waals surface area (Å²) in [6, 6.07) is 8.44. The predicted molar refractivity (Wildman–Crippen MR) is 66.7 cm³/mol. The Labute approximate surface area is 104 Å². The van der Waals surface area contributed by atoms with Gasteiger partial charge in [0.2, 0.25) is 0 Å². The maximum absolute atomic E-state index is 13.9. The molecule has 1 aromatic heterocycles. The Balaban J connectivity index is 2.14. The molecule has 2 heterocycles. The summed E-state index contributed by atoms with van der Waals surface area (Å²) in [5.74, 6) is 0.122. The van der Waals surface area contributed by atoms with Crippen molar-refractivity contribution in [2.24, 2.45) is 10.7 Å². The summed E-state index contributed by atoms with van der Waals surface area (Å²) in [6.45, 7) is 2.35. The Bertz CT molecular complexity index is 631. The van der Waals surface area contributed by atoms with Gasteiger partial charge < -0.3 is 5.73 Å². The fraction of sp³-hybridized carbons (Fsp3) is 0.231. The molecule has 1 aliphatic rings. The zero-order valence-corrected chi connectivity index (χ0v) is 9.97. The third-order valence-corrected chi connectivity index (χ3v) is 3.26. The Morgan fingerprint density at radius 3 is 2.89 bits per heavy atom. The number of amidine groups is 1. The second kappa shape index (κ2) is 3.66. The molecule has 0 saturated heterocycles. The molecule has 1 unspecified atom stereocenters. The molecule has 0 fully saturated rings. The van der Waals surface area contributed by atoms with E-state index < -0.39 is 5.54 Å². The van der Waals surface area contributed by atoms with Gasteiger partial charge in [0.05, 0.1) is 6.54 Å². The lowest BCUT2D eigenvalue weighted by atomic mass is 9.91. The number of halogens is 1. The van der Waals surface area contributed by atoms with Crippen LogP contribution in [0.3, 0.4) is 0 Å². The summed E-state index contributed by atoms with van der Waals surface area (Å²) >= 11 is 0. The van der Waals surface area contributed by atoms with Crippen LogP contribution in [-0.4, -0.2) is 15.6 Å². The van der Waals surface area contributed by atoms with Crippen molar-refractivity contribution >= 4 is 5.84 Å². The van der Waals surface area contributed by atoms with E-state index in [0.717, 1.165) is 5.69 Å². The van der Waals surface area contributed by atoms with Gasteiger partial charge in [0, 0.05) is 11.8 Å². The van der Waals surface area contributed by atoms with Crippen LogP contribution in [0.25, 0.3) is 0 Å². The molecule has 18 heavy (non-hydrogen) atoms. The molecule has 0 bridgehead atoms. The highest BCUT2D eigenvalue weighted by Crippen LogP contribution is 2.32. The van der Waals surface area contributed by atoms with Gasteiger partial charge in [-0.05, 0) is 19.1 Å². The van der Waals surface area contributed by atoms with Crippen LogP contribution in [0.1, 0.15) is 18.2 Å². The molecule has 5 heteroatoms. The van der Waals surface area contributed by atoms with Crippen LogP contribution in [0, 0.1) is 5.82 Å². The first kappa shape index (κ1) is 11.0. The summed E-state index contributed by atoms with van der Waals surface area (Å²) in [6.07, 6.45) is 1.67. The standard InChI is InChI=1S/C13H13FN4/c1-13(9-4-2-3-5-10(9)14)8-18-11(6-7-16-18)12(15)17-13/h2-7H,8H2,1H3,(H2,15,17). The Morgan fingerprint density at radius 2 is 2.11 bits per heavy atom. The van der Waals surface area contributed by atoms with Crippen LogP contribution in [0.2, 0.25) is 0 Å². The van der Waals surface area contributed by atoms with Gasteiger partial charge in [-0.25, -0.2) is 4.39 Å². The van der Waals surface area contributed by atoms with E-state index in [1.54, 1.807) is 35.1 Å². The fourth-order valence-corrected chi connectivity index (χ4v) is 2.37. The Hall–Kier alpha value is -2.17. The predicted octanol–water partition coefficient (Wildman–Crippen LogP) is 1.66. The molecule has 1 aromatic carbocycles. The maximum atomic E-state index is 13.9. The molecule has 1 atom stereocenters. The van der Waals surface area contributed by atoms with Crippen LogP contribution < -0.4 is 5.73 Å². The Kier molecular flexibility index (Phi) is 2.23. The van der Waals surface area contributed by atoms with Gasteiger partial charge in [0.25, 0.3) is 0 Å². The highest BCUT2D eigenvalue weighted by molar-refractivity contribution is 5.96. The van der Waals surface area contributed by atoms with Crippen LogP contribution in [0.4, 0.5) is 4.39 Å². The molecule has 0 aliphatic carbocycles. The molecule has 1 aliphatic heterocycles. The van der Waals surface area contributed by atoms with E-state index in [0.29, 0.717) is 17.9 Å². The molecule has 2 N–H and O–H groups in total. The number of rotatable bonds is 1. The lowest BCUT2D eigenvalue weighted by molar-refractivity contribution is 0.363. The smallest absolute Gasteiger partial charge is 0.145 e. The lowest BCUT2D eigenvalue weighted by Crippen LogP contribution is -2.37. The number of nitrogens with zero attached hydrogens (tertiary/aromatic N) is 3. The number of hydrogen-bond donors (Lipinski definition) is 1. The van der Waals surface area contributed by atoms with Crippen LogP contribution in [0.15, 0.2) is 41.5 Å². The Morgan fingerprint density at radius 1 is 1.33 bits per heavy atom. The number of benzene rings is 1. The first-order valence-corrected chi connectivity index (χ1v) is 5.73. The van der Waals surface area contributed by atoms with E-state index in [9.17, 15) is 4.39 Å². The van der Waals surface area contributed by atoms with Gasteiger partial charge >= 0.3 is 0 Å².